The third kappa shape index (κ3) is 3.15. The van der Waals surface area contributed by atoms with E-state index in [4.69, 9.17) is 4.74 Å². The average molecular weight is 378 g/mol. The second-order valence-electron chi connectivity index (χ2n) is 6.66. The molecule has 0 unspecified atom stereocenters. The van der Waals surface area contributed by atoms with Gasteiger partial charge < -0.3 is 9.14 Å². The van der Waals surface area contributed by atoms with E-state index in [-0.39, 0.29) is 12.4 Å². The van der Waals surface area contributed by atoms with Crippen molar-refractivity contribution in [2.75, 3.05) is 0 Å². The highest BCUT2D eigenvalue weighted by molar-refractivity contribution is 5.92. The van der Waals surface area contributed by atoms with Crippen LogP contribution in [-0.4, -0.2) is 25.1 Å². The molecule has 0 fully saturated rings. The molecule has 28 heavy (non-hydrogen) atoms. The van der Waals surface area contributed by atoms with Gasteiger partial charge in [-0.25, -0.2) is 18.9 Å². The smallest absolute Gasteiger partial charge is 0.342 e. The van der Waals surface area contributed by atoms with Gasteiger partial charge in [0.2, 0.25) is 0 Å². The topological polar surface area (TPSA) is 61.4 Å². The molecule has 6 nitrogen and oxygen atoms in total. The molecule has 0 saturated heterocycles. The SMILES string of the molecule is Cc1nn(-c2ccc(F)cc2)c(C)c1C(=O)OCc1cn2cccc(C)c2n1. The van der Waals surface area contributed by atoms with E-state index in [1.807, 2.05) is 35.9 Å². The number of halogens is 1. The molecule has 0 bridgehead atoms. The zero-order chi connectivity index (χ0) is 19.8. The Bertz CT molecular complexity index is 1180. The van der Waals surface area contributed by atoms with Crippen LogP contribution in [-0.2, 0) is 11.3 Å². The van der Waals surface area contributed by atoms with Gasteiger partial charge in [0.05, 0.1) is 22.8 Å². The summed E-state index contributed by atoms with van der Waals surface area (Å²) < 4.78 is 22.2. The largest absolute Gasteiger partial charge is 0.455 e. The quantitative estimate of drug-likeness (QED) is 0.505. The molecule has 4 rings (SSSR count). The Morgan fingerprint density at radius 1 is 1.14 bits per heavy atom. The summed E-state index contributed by atoms with van der Waals surface area (Å²) in [4.78, 5) is 17.2. The second-order valence-corrected chi connectivity index (χ2v) is 6.66. The number of hydrogen-bond acceptors (Lipinski definition) is 4. The van der Waals surface area contributed by atoms with Gasteiger partial charge in [0.15, 0.2) is 0 Å². The number of aryl methyl sites for hydroxylation is 2. The van der Waals surface area contributed by atoms with Crippen LogP contribution in [0.25, 0.3) is 11.3 Å². The molecule has 3 aromatic heterocycles. The Labute approximate surface area is 161 Å². The Hall–Kier alpha value is -3.48. The van der Waals surface area contributed by atoms with Gasteiger partial charge in [0.1, 0.15) is 23.6 Å². The fourth-order valence-corrected chi connectivity index (χ4v) is 3.26. The lowest BCUT2D eigenvalue weighted by molar-refractivity contribution is 0.0466. The Balaban J connectivity index is 1.56. The number of benzene rings is 1. The molecule has 0 amide bonds. The lowest BCUT2D eigenvalue weighted by Crippen LogP contribution is -2.08. The number of imidazole rings is 1. The normalized spacial score (nSPS) is 11.1. The number of ether oxygens (including phenoxy) is 1. The molecular formula is C21H19FN4O2. The first kappa shape index (κ1) is 17.9. The van der Waals surface area contributed by atoms with Gasteiger partial charge in [-0.15, -0.1) is 0 Å². The van der Waals surface area contributed by atoms with Crippen LogP contribution in [0.15, 0.2) is 48.8 Å². The van der Waals surface area contributed by atoms with E-state index in [0.717, 1.165) is 11.2 Å². The summed E-state index contributed by atoms with van der Waals surface area (Å²) in [5.74, 6) is -0.787. The van der Waals surface area contributed by atoms with Crippen LogP contribution in [0.5, 0.6) is 0 Å². The third-order valence-electron chi connectivity index (χ3n) is 4.65. The van der Waals surface area contributed by atoms with E-state index in [1.165, 1.54) is 12.1 Å². The Morgan fingerprint density at radius 2 is 1.89 bits per heavy atom. The number of rotatable bonds is 4. The minimum Gasteiger partial charge on any atom is -0.455 e. The van der Waals surface area contributed by atoms with Gasteiger partial charge in [-0.3, -0.25) is 0 Å². The molecule has 0 aliphatic carbocycles. The number of carbonyl (C=O) groups excluding carboxylic acids is 1. The van der Waals surface area contributed by atoms with Crippen LogP contribution in [0.1, 0.15) is 33.0 Å². The highest BCUT2D eigenvalue weighted by atomic mass is 19.1. The summed E-state index contributed by atoms with van der Waals surface area (Å²) in [6.45, 7) is 5.58. The van der Waals surface area contributed by atoms with E-state index in [2.05, 4.69) is 10.1 Å². The number of fused-ring (bicyclic) bond motifs is 1. The Kier molecular flexibility index (Phi) is 4.43. The van der Waals surface area contributed by atoms with E-state index in [0.29, 0.717) is 28.3 Å². The molecule has 0 atom stereocenters. The lowest BCUT2D eigenvalue weighted by atomic mass is 10.2. The monoisotopic (exact) mass is 378 g/mol. The molecular weight excluding hydrogens is 359 g/mol. The van der Waals surface area contributed by atoms with Crippen molar-refractivity contribution in [3.8, 4) is 5.69 Å². The molecule has 0 saturated carbocycles. The first-order chi connectivity index (χ1) is 13.4. The van der Waals surface area contributed by atoms with Crippen molar-refractivity contribution < 1.29 is 13.9 Å². The highest BCUT2D eigenvalue weighted by Crippen LogP contribution is 2.20. The van der Waals surface area contributed by atoms with Crippen LogP contribution in [0.2, 0.25) is 0 Å². The number of pyridine rings is 1. The van der Waals surface area contributed by atoms with Gasteiger partial charge in [0.25, 0.3) is 0 Å². The molecule has 4 aromatic rings. The molecule has 0 aliphatic rings. The number of aromatic nitrogens is 4. The number of hydrogen-bond donors (Lipinski definition) is 0. The summed E-state index contributed by atoms with van der Waals surface area (Å²) in [6, 6.07) is 9.86. The van der Waals surface area contributed by atoms with Gasteiger partial charge >= 0.3 is 5.97 Å². The van der Waals surface area contributed by atoms with Crippen molar-refractivity contribution in [2.24, 2.45) is 0 Å². The van der Waals surface area contributed by atoms with Crippen LogP contribution in [0.3, 0.4) is 0 Å². The van der Waals surface area contributed by atoms with Crippen molar-refractivity contribution in [1.29, 1.82) is 0 Å². The molecule has 0 aliphatic heterocycles. The third-order valence-corrected chi connectivity index (χ3v) is 4.65. The predicted octanol–water partition coefficient (Wildman–Crippen LogP) is 3.94. The maximum Gasteiger partial charge on any atom is 0.342 e. The summed E-state index contributed by atoms with van der Waals surface area (Å²) in [5.41, 5.74) is 4.83. The fraction of sp³-hybridized carbons (Fsp3) is 0.190. The summed E-state index contributed by atoms with van der Waals surface area (Å²) >= 11 is 0. The zero-order valence-corrected chi connectivity index (χ0v) is 15.8. The first-order valence-corrected chi connectivity index (χ1v) is 8.86. The summed E-state index contributed by atoms with van der Waals surface area (Å²) in [5, 5.41) is 4.41. The van der Waals surface area contributed by atoms with Crippen molar-refractivity contribution in [1.82, 2.24) is 19.2 Å². The average Bonchev–Trinajstić information content (AvgIpc) is 3.22. The number of esters is 1. The highest BCUT2D eigenvalue weighted by Gasteiger charge is 2.21. The van der Waals surface area contributed by atoms with Crippen LogP contribution in [0.4, 0.5) is 4.39 Å². The van der Waals surface area contributed by atoms with Gasteiger partial charge in [-0.2, -0.15) is 5.10 Å². The van der Waals surface area contributed by atoms with E-state index in [9.17, 15) is 9.18 Å². The minimum absolute atomic E-state index is 0.0700. The molecule has 0 radical (unpaired) electrons. The molecule has 0 N–H and O–H groups in total. The maximum absolute atomic E-state index is 13.2. The number of carbonyl (C=O) groups is 1. The lowest BCUT2D eigenvalue weighted by Gasteiger charge is -2.06. The predicted molar refractivity (Wildman–Crippen MR) is 102 cm³/mol. The summed E-state index contributed by atoms with van der Waals surface area (Å²) in [7, 11) is 0. The van der Waals surface area contributed by atoms with Crippen molar-refractivity contribution in [3.63, 3.8) is 0 Å². The zero-order valence-electron chi connectivity index (χ0n) is 15.8. The standard InChI is InChI=1S/C21H19FN4O2/c1-13-5-4-10-25-11-17(23-20(13)25)12-28-21(27)19-14(2)24-26(15(19)3)18-8-6-16(22)7-9-18/h4-11H,12H2,1-3H3. The molecule has 142 valence electrons. The van der Waals surface area contributed by atoms with Gasteiger partial charge in [0, 0.05) is 12.4 Å². The van der Waals surface area contributed by atoms with Crippen molar-refractivity contribution in [3.05, 3.63) is 82.8 Å². The molecule has 7 heteroatoms. The summed E-state index contributed by atoms with van der Waals surface area (Å²) in [6.07, 6.45) is 3.75. The van der Waals surface area contributed by atoms with E-state index in [1.54, 1.807) is 30.7 Å². The fourth-order valence-electron chi connectivity index (χ4n) is 3.26. The van der Waals surface area contributed by atoms with E-state index >= 15 is 0 Å². The van der Waals surface area contributed by atoms with Crippen molar-refractivity contribution >= 4 is 11.6 Å². The maximum atomic E-state index is 13.2. The van der Waals surface area contributed by atoms with Gasteiger partial charge in [-0.1, -0.05) is 6.07 Å². The van der Waals surface area contributed by atoms with Crippen LogP contribution >= 0.6 is 0 Å². The second kappa shape index (κ2) is 6.92. The first-order valence-electron chi connectivity index (χ1n) is 8.86. The van der Waals surface area contributed by atoms with Crippen LogP contribution < -0.4 is 0 Å². The molecule has 0 spiro atoms. The molecule has 1 aromatic carbocycles. The van der Waals surface area contributed by atoms with E-state index < -0.39 is 5.97 Å². The Morgan fingerprint density at radius 3 is 2.61 bits per heavy atom. The minimum atomic E-state index is -0.461. The van der Waals surface area contributed by atoms with Gasteiger partial charge in [-0.05, 0) is 56.7 Å². The van der Waals surface area contributed by atoms with Crippen molar-refractivity contribution in [2.45, 2.75) is 27.4 Å². The molecule has 3 heterocycles. The van der Waals surface area contributed by atoms with Crippen LogP contribution in [0, 0.1) is 26.6 Å². The number of nitrogens with zero attached hydrogens (tertiary/aromatic N) is 4.